The maximum atomic E-state index is 12.0. The molecule has 2 aromatic heterocycles. The van der Waals surface area contributed by atoms with Crippen LogP contribution in [0.5, 0.6) is 0 Å². The molecule has 1 amide bonds. The summed E-state index contributed by atoms with van der Waals surface area (Å²) in [6, 6.07) is 1.77. The van der Waals surface area contributed by atoms with Gasteiger partial charge in [-0.1, -0.05) is 13.8 Å². The Morgan fingerprint density at radius 3 is 2.84 bits per heavy atom. The topological polar surface area (TPSA) is 79.5 Å². The van der Waals surface area contributed by atoms with E-state index in [1.165, 1.54) is 0 Å². The summed E-state index contributed by atoms with van der Waals surface area (Å²) in [5.41, 5.74) is -0.555. The van der Waals surface area contributed by atoms with Crippen LogP contribution in [-0.2, 0) is 0 Å². The Balaban J connectivity index is 2.08. The van der Waals surface area contributed by atoms with Crippen molar-refractivity contribution < 1.29 is 9.90 Å². The van der Waals surface area contributed by atoms with Gasteiger partial charge in [0.15, 0.2) is 0 Å². The Labute approximate surface area is 111 Å². The van der Waals surface area contributed by atoms with E-state index in [-0.39, 0.29) is 12.5 Å². The van der Waals surface area contributed by atoms with E-state index < -0.39 is 5.60 Å². The Morgan fingerprint density at radius 1 is 1.47 bits per heavy atom. The van der Waals surface area contributed by atoms with Crippen molar-refractivity contribution in [3.05, 3.63) is 30.4 Å². The molecule has 0 aliphatic heterocycles. The van der Waals surface area contributed by atoms with Gasteiger partial charge in [0.1, 0.15) is 5.69 Å². The zero-order chi connectivity index (χ0) is 13.9. The molecule has 6 heteroatoms. The number of nitrogens with one attached hydrogen (secondary N) is 1. The van der Waals surface area contributed by atoms with Crippen molar-refractivity contribution in [2.24, 2.45) is 0 Å². The fourth-order valence-corrected chi connectivity index (χ4v) is 1.77. The van der Waals surface area contributed by atoms with Crippen molar-refractivity contribution in [2.45, 2.75) is 32.3 Å². The summed E-state index contributed by atoms with van der Waals surface area (Å²) in [4.78, 5) is 20.1. The number of rotatable bonds is 5. The molecule has 0 aliphatic carbocycles. The molecule has 0 atom stereocenters. The Kier molecular flexibility index (Phi) is 3.80. The summed E-state index contributed by atoms with van der Waals surface area (Å²) in [5.74, 6) is 0.180. The van der Waals surface area contributed by atoms with Crippen LogP contribution in [0.25, 0.3) is 5.78 Å². The summed E-state index contributed by atoms with van der Waals surface area (Å²) in [6.45, 7) is 4.01. The average Bonchev–Trinajstić information content (AvgIpc) is 2.88. The van der Waals surface area contributed by atoms with Crippen LogP contribution in [-0.4, -0.2) is 37.5 Å². The molecule has 2 aromatic rings. The van der Waals surface area contributed by atoms with E-state index in [1.807, 2.05) is 13.8 Å². The molecule has 0 saturated carbocycles. The summed E-state index contributed by atoms with van der Waals surface area (Å²) in [5, 5.41) is 12.8. The van der Waals surface area contributed by atoms with E-state index in [9.17, 15) is 9.90 Å². The molecule has 0 fully saturated rings. The molecule has 0 saturated heterocycles. The number of fused-ring (bicyclic) bond motifs is 1. The molecule has 0 aliphatic rings. The van der Waals surface area contributed by atoms with Crippen LogP contribution >= 0.6 is 0 Å². The Hall–Kier alpha value is -1.95. The molecule has 0 spiro atoms. The smallest absolute Gasteiger partial charge is 0.271 e. The highest BCUT2D eigenvalue weighted by Crippen LogP contribution is 2.13. The summed E-state index contributed by atoms with van der Waals surface area (Å²) < 4.78 is 1.68. The molecule has 2 N–H and O–H groups in total. The molecular weight excluding hydrogens is 244 g/mol. The standard InChI is InChI=1S/C13H18N4O2/c1-3-13(19,4-2)9-15-11(18)10-8-17-7-5-6-14-12(17)16-10/h5-8,19H,3-4,9H2,1-2H3,(H,15,18). The van der Waals surface area contributed by atoms with Crippen LogP contribution in [0, 0.1) is 0 Å². The molecule has 102 valence electrons. The monoisotopic (exact) mass is 262 g/mol. The van der Waals surface area contributed by atoms with Gasteiger partial charge in [-0.3, -0.25) is 9.20 Å². The third kappa shape index (κ3) is 2.90. The van der Waals surface area contributed by atoms with Gasteiger partial charge in [0, 0.05) is 25.1 Å². The van der Waals surface area contributed by atoms with E-state index in [4.69, 9.17) is 0 Å². The number of imidazole rings is 1. The zero-order valence-corrected chi connectivity index (χ0v) is 11.1. The number of hydrogen-bond acceptors (Lipinski definition) is 4. The van der Waals surface area contributed by atoms with Gasteiger partial charge in [0.05, 0.1) is 5.60 Å². The summed E-state index contributed by atoms with van der Waals surface area (Å²) in [6.07, 6.45) is 6.21. The minimum atomic E-state index is -0.854. The summed E-state index contributed by atoms with van der Waals surface area (Å²) in [7, 11) is 0. The van der Waals surface area contributed by atoms with Crippen molar-refractivity contribution in [3.8, 4) is 0 Å². The van der Waals surface area contributed by atoms with E-state index in [1.54, 1.807) is 29.1 Å². The first kappa shape index (κ1) is 13.5. The number of amides is 1. The molecule has 0 radical (unpaired) electrons. The molecule has 0 unspecified atom stereocenters. The number of aromatic nitrogens is 3. The second-order valence-electron chi connectivity index (χ2n) is 4.57. The quantitative estimate of drug-likeness (QED) is 0.842. The van der Waals surface area contributed by atoms with E-state index in [2.05, 4.69) is 15.3 Å². The van der Waals surface area contributed by atoms with Crippen molar-refractivity contribution >= 4 is 11.7 Å². The van der Waals surface area contributed by atoms with Crippen molar-refractivity contribution in [1.29, 1.82) is 0 Å². The van der Waals surface area contributed by atoms with Gasteiger partial charge in [-0.05, 0) is 18.9 Å². The van der Waals surface area contributed by atoms with Crippen molar-refractivity contribution in [2.75, 3.05) is 6.54 Å². The minimum absolute atomic E-state index is 0.222. The molecule has 2 heterocycles. The van der Waals surface area contributed by atoms with Gasteiger partial charge in [-0.2, -0.15) is 0 Å². The Bertz CT molecular complexity index is 542. The van der Waals surface area contributed by atoms with Gasteiger partial charge in [-0.15, -0.1) is 0 Å². The van der Waals surface area contributed by atoms with Crippen LogP contribution in [0.2, 0.25) is 0 Å². The fourth-order valence-electron chi connectivity index (χ4n) is 1.77. The van der Waals surface area contributed by atoms with Crippen LogP contribution in [0.4, 0.5) is 0 Å². The van der Waals surface area contributed by atoms with Gasteiger partial charge >= 0.3 is 0 Å². The number of carbonyl (C=O) groups is 1. The molecular formula is C13H18N4O2. The Morgan fingerprint density at radius 2 is 2.21 bits per heavy atom. The van der Waals surface area contributed by atoms with E-state index >= 15 is 0 Å². The van der Waals surface area contributed by atoms with Gasteiger partial charge in [0.25, 0.3) is 5.91 Å². The molecule has 19 heavy (non-hydrogen) atoms. The lowest BCUT2D eigenvalue weighted by atomic mass is 9.97. The number of nitrogens with zero attached hydrogens (tertiary/aromatic N) is 3. The van der Waals surface area contributed by atoms with E-state index in [0.29, 0.717) is 24.3 Å². The predicted molar refractivity (Wildman–Crippen MR) is 70.9 cm³/mol. The maximum Gasteiger partial charge on any atom is 0.271 e. The predicted octanol–water partition coefficient (Wildman–Crippen LogP) is 1.01. The third-order valence-electron chi connectivity index (χ3n) is 3.36. The van der Waals surface area contributed by atoms with Crippen molar-refractivity contribution in [1.82, 2.24) is 19.7 Å². The van der Waals surface area contributed by atoms with Gasteiger partial charge in [-0.25, -0.2) is 9.97 Å². The minimum Gasteiger partial charge on any atom is -0.388 e. The lowest BCUT2D eigenvalue weighted by molar-refractivity contribution is 0.0313. The van der Waals surface area contributed by atoms with Crippen LogP contribution in [0.1, 0.15) is 37.2 Å². The van der Waals surface area contributed by atoms with Gasteiger partial charge < -0.3 is 10.4 Å². The fraction of sp³-hybridized carbons (Fsp3) is 0.462. The summed E-state index contributed by atoms with van der Waals surface area (Å²) >= 11 is 0. The second kappa shape index (κ2) is 5.36. The van der Waals surface area contributed by atoms with Crippen LogP contribution < -0.4 is 5.32 Å². The average molecular weight is 262 g/mol. The first-order chi connectivity index (χ1) is 9.08. The van der Waals surface area contributed by atoms with Crippen molar-refractivity contribution in [3.63, 3.8) is 0 Å². The molecule has 2 rings (SSSR count). The first-order valence-electron chi connectivity index (χ1n) is 6.38. The first-order valence-corrected chi connectivity index (χ1v) is 6.38. The highest BCUT2D eigenvalue weighted by Gasteiger charge is 2.23. The second-order valence-corrected chi connectivity index (χ2v) is 4.57. The SMILES string of the molecule is CCC(O)(CC)CNC(=O)c1cn2cccnc2n1. The number of aliphatic hydroxyl groups is 1. The zero-order valence-electron chi connectivity index (χ0n) is 11.1. The molecule has 0 aromatic carbocycles. The largest absolute Gasteiger partial charge is 0.388 e. The normalized spacial score (nSPS) is 11.7. The number of hydrogen-bond donors (Lipinski definition) is 2. The lowest BCUT2D eigenvalue weighted by Crippen LogP contribution is -2.42. The molecule has 0 bridgehead atoms. The lowest BCUT2D eigenvalue weighted by Gasteiger charge is -2.25. The highest BCUT2D eigenvalue weighted by atomic mass is 16.3. The van der Waals surface area contributed by atoms with E-state index in [0.717, 1.165) is 0 Å². The maximum absolute atomic E-state index is 12.0. The van der Waals surface area contributed by atoms with Crippen LogP contribution in [0.3, 0.4) is 0 Å². The van der Waals surface area contributed by atoms with Gasteiger partial charge in [0.2, 0.25) is 5.78 Å². The molecule has 6 nitrogen and oxygen atoms in total. The van der Waals surface area contributed by atoms with Crippen LogP contribution in [0.15, 0.2) is 24.7 Å². The number of carbonyl (C=O) groups excluding carboxylic acids is 1. The third-order valence-corrected chi connectivity index (χ3v) is 3.36. The highest BCUT2D eigenvalue weighted by molar-refractivity contribution is 5.92.